The van der Waals surface area contributed by atoms with E-state index in [1.807, 2.05) is 0 Å². The van der Waals surface area contributed by atoms with Crippen LogP contribution in [0.15, 0.2) is 18.3 Å². The molecule has 1 fully saturated rings. The number of nitrogens with one attached hydrogen (secondary N) is 1. The first kappa shape index (κ1) is 18.2. The van der Waals surface area contributed by atoms with Gasteiger partial charge in [-0.3, -0.25) is 14.6 Å². The smallest absolute Gasteiger partial charge is 0.417 e. The van der Waals surface area contributed by atoms with E-state index >= 15 is 0 Å². The molecule has 1 aliphatic rings. The van der Waals surface area contributed by atoms with Gasteiger partial charge in [-0.05, 0) is 25.0 Å². The molecule has 132 valence electrons. The Morgan fingerprint density at radius 2 is 1.79 bits per heavy atom. The summed E-state index contributed by atoms with van der Waals surface area (Å²) in [6.07, 6.45) is 0.598. The number of amides is 1. The molecule has 1 aromatic heterocycles. The molecule has 1 aliphatic carbocycles. The summed E-state index contributed by atoms with van der Waals surface area (Å²) in [5.41, 5.74) is -1.09. The predicted octanol–water partition coefficient (Wildman–Crippen LogP) is 3.25. The molecule has 0 radical (unpaired) electrons. The molecule has 0 saturated heterocycles. The number of rotatable bonds is 3. The van der Waals surface area contributed by atoms with Crippen molar-refractivity contribution in [1.82, 2.24) is 10.3 Å². The minimum Gasteiger partial charge on any atom is -0.481 e. The second-order valence-corrected chi connectivity index (χ2v) is 5.95. The quantitative estimate of drug-likeness (QED) is 0.882. The molecule has 0 aromatic carbocycles. The Balaban J connectivity index is 2.09. The molecule has 1 heterocycles. The second kappa shape index (κ2) is 7.63. The number of carboxylic acid groups (broad SMARTS) is 1. The first-order valence-corrected chi connectivity index (χ1v) is 7.86. The fourth-order valence-corrected chi connectivity index (χ4v) is 2.89. The lowest BCUT2D eigenvalue weighted by atomic mass is 9.86. The van der Waals surface area contributed by atoms with Gasteiger partial charge in [0.05, 0.1) is 11.5 Å². The normalized spacial score (nSPS) is 22.3. The second-order valence-electron chi connectivity index (χ2n) is 5.95. The third-order valence-corrected chi connectivity index (χ3v) is 4.22. The number of pyridine rings is 1. The maximum Gasteiger partial charge on any atom is 0.417 e. The molecule has 24 heavy (non-hydrogen) atoms. The van der Waals surface area contributed by atoms with Crippen molar-refractivity contribution in [1.29, 1.82) is 0 Å². The van der Waals surface area contributed by atoms with Gasteiger partial charge in [-0.15, -0.1) is 0 Å². The van der Waals surface area contributed by atoms with Crippen molar-refractivity contribution >= 4 is 11.9 Å². The summed E-state index contributed by atoms with van der Waals surface area (Å²) in [7, 11) is 0. The molecule has 2 rings (SSSR count). The molecule has 0 bridgehead atoms. The number of carbonyl (C=O) groups is 2. The van der Waals surface area contributed by atoms with Crippen LogP contribution in [0.3, 0.4) is 0 Å². The molecule has 2 unspecified atom stereocenters. The van der Waals surface area contributed by atoms with Gasteiger partial charge in [0.2, 0.25) is 0 Å². The first-order valence-electron chi connectivity index (χ1n) is 7.86. The van der Waals surface area contributed by atoms with Gasteiger partial charge in [-0.1, -0.05) is 25.7 Å². The molecule has 0 aliphatic heterocycles. The Bertz CT molecular complexity index is 587. The SMILES string of the molecule is O=C(NC1CCCCCCC1C(=O)O)c1ccc(C(F)(F)F)cn1. The summed E-state index contributed by atoms with van der Waals surface area (Å²) >= 11 is 0. The summed E-state index contributed by atoms with van der Waals surface area (Å²) in [6.45, 7) is 0. The fourth-order valence-electron chi connectivity index (χ4n) is 2.89. The average Bonchev–Trinajstić information content (AvgIpc) is 2.49. The average molecular weight is 344 g/mol. The van der Waals surface area contributed by atoms with Gasteiger partial charge in [-0.25, -0.2) is 0 Å². The summed E-state index contributed by atoms with van der Waals surface area (Å²) in [6, 6.07) is 1.24. The molecule has 8 heteroatoms. The fraction of sp³-hybridized carbons (Fsp3) is 0.562. The van der Waals surface area contributed by atoms with Crippen LogP contribution in [0.2, 0.25) is 0 Å². The van der Waals surface area contributed by atoms with Crippen molar-refractivity contribution in [3.63, 3.8) is 0 Å². The van der Waals surface area contributed by atoms with Gasteiger partial charge in [0.1, 0.15) is 5.69 Å². The molecule has 5 nitrogen and oxygen atoms in total. The van der Waals surface area contributed by atoms with E-state index in [9.17, 15) is 27.9 Å². The number of hydrogen-bond acceptors (Lipinski definition) is 3. The summed E-state index contributed by atoms with van der Waals surface area (Å²) in [5.74, 6) is -2.31. The Morgan fingerprint density at radius 1 is 1.12 bits per heavy atom. The summed E-state index contributed by atoms with van der Waals surface area (Å²) < 4.78 is 37.5. The maximum atomic E-state index is 12.5. The molecule has 1 aromatic rings. The van der Waals surface area contributed by atoms with Crippen molar-refractivity contribution in [2.45, 2.75) is 50.7 Å². The van der Waals surface area contributed by atoms with Crippen molar-refractivity contribution < 1.29 is 27.9 Å². The zero-order valence-electron chi connectivity index (χ0n) is 13.0. The van der Waals surface area contributed by atoms with E-state index in [-0.39, 0.29) is 5.69 Å². The maximum absolute atomic E-state index is 12.5. The van der Waals surface area contributed by atoms with Crippen LogP contribution < -0.4 is 5.32 Å². The third kappa shape index (κ3) is 4.69. The van der Waals surface area contributed by atoms with Crippen LogP contribution in [0.5, 0.6) is 0 Å². The minimum atomic E-state index is -4.52. The van der Waals surface area contributed by atoms with Crippen molar-refractivity contribution in [2.24, 2.45) is 5.92 Å². The van der Waals surface area contributed by atoms with Crippen molar-refractivity contribution in [3.05, 3.63) is 29.6 Å². The number of hydrogen-bond donors (Lipinski definition) is 2. The summed E-state index contributed by atoms with van der Waals surface area (Å²) in [4.78, 5) is 27.1. The van der Waals surface area contributed by atoms with Crippen LogP contribution in [0.1, 0.15) is 54.6 Å². The molecule has 0 spiro atoms. The van der Waals surface area contributed by atoms with Crippen LogP contribution in [0.25, 0.3) is 0 Å². The zero-order valence-corrected chi connectivity index (χ0v) is 13.0. The molecule has 2 atom stereocenters. The van der Waals surface area contributed by atoms with Gasteiger partial charge in [0.25, 0.3) is 5.91 Å². The van der Waals surface area contributed by atoms with E-state index in [0.29, 0.717) is 19.0 Å². The monoisotopic (exact) mass is 344 g/mol. The number of alkyl halides is 3. The summed E-state index contributed by atoms with van der Waals surface area (Å²) in [5, 5.41) is 12.0. The van der Waals surface area contributed by atoms with Crippen LogP contribution in [0, 0.1) is 5.92 Å². The molecule has 2 N–H and O–H groups in total. The molecular formula is C16H19F3N2O3. The van der Waals surface area contributed by atoms with Gasteiger partial charge >= 0.3 is 12.1 Å². The Morgan fingerprint density at radius 3 is 2.33 bits per heavy atom. The van der Waals surface area contributed by atoms with Crippen LogP contribution >= 0.6 is 0 Å². The highest BCUT2D eigenvalue weighted by atomic mass is 19.4. The highest BCUT2D eigenvalue weighted by Crippen LogP contribution is 2.28. The minimum absolute atomic E-state index is 0.158. The lowest BCUT2D eigenvalue weighted by Crippen LogP contribution is -2.44. The topological polar surface area (TPSA) is 79.3 Å². The Hall–Kier alpha value is -2.12. The standard InChI is InChI=1S/C16H19F3N2O3/c17-16(18,19)10-7-8-13(20-9-10)14(22)21-12-6-4-2-1-3-5-11(12)15(23)24/h7-9,11-12H,1-6H2,(H,21,22)(H,23,24). The van der Waals surface area contributed by atoms with Gasteiger partial charge in [-0.2, -0.15) is 13.2 Å². The zero-order chi connectivity index (χ0) is 17.7. The van der Waals surface area contributed by atoms with Crippen LogP contribution in [0.4, 0.5) is 13.2 Å². The number of halogens is 3. The van der Waals surface area contributed by atoms with Crippen LogP contribution in [-0.4, -0.2) is 28.0 Å². The molecular weight excluding hydrogens is 325 g/mol. The van der Waals surface area contributed by atoms with Crippen molar-refractivity contribution in [2.75, 3.05) is 0 Å². The highest BCUT2D eigenvalue weighted by molar-refractivity contribution is 5.92. The van der Waals surface area contributed by atoms with E-state index in [4.69, 9.17) is 0 Å². The molecule has 1 amide bonds. The van der Waals surface area contributed by atoms with Gasteiger partial charge < -0.3 is 10.4 Å². The Labute approximate surface area is 137 Å². The van der Waals surface area contributed by atoms with E-state index in [0.717, 1.165) is 37.8 Å². The predicted molar refractivity (Wildman–Crippen MR) is 79.3 cm³/mol. The van der Waals surface area contributed by atoms with E-state index in [1.54, 1.807) is 0 Å². The van der Waals surface area contributed by atoms with Gasteiger partial charge in [0.15, 0.2) is 0 Å². The van der Waals surface area contributed by atoms with E-state index in [2.05, 4.69) is 10.3 Å². The number of aromatic nitrogens is 1. The number of carbonyl (C=O) groups excluding carboxylic acids is 1. The van der Waals surface area contributed by atoms with Crippen molar-refractivity contribution in [3.8, 4) is 0 Å². The van der Waals surface area contributed by atoms with E-state index < -0.39 is 35.6 Å². The highest BCUT2D eigenvalue weighted by Gasteiger charge is 2.32. The lowest BCUT2D eigenvalue weighted by molar-refractivity contribution is -0.143. The Kier molecular flexibility index (Phi) is 5.80. The molecule has 1 saturated carbocycles. The largest absolute Gasteiger partial charge is 0.481 e. The number of carboxylic acids is 1. The first-order chi connectivity index (χ1) is 11.3. The van der Waals surface area contributed by atoms with E-state index in [1.165, 1.54) is 0 Å². The number of nitrogens with zero attached hydrogens (tertiary/aromatic N) is 1. The van der Waals surface area contributed by atoms with Gasteiger partial charge in [0, 0.05) is 12.2 Å². The number of aliphatic carboxylic acids is 1. The lowest BCUT2D eigenvalue weighted by Gasteiger charge is -2.27. The van der Waals surface area contributed by atoms with Crippen LogP contribution in [-0.2, 0) is 11.0 Å². The third-order valence-electron chi connectivity index (χ3n) is 4.22.